The predicted molar refractivity (Wildman–Crippen MR) is 80.9 cm³/mol. The van der Waals surface area contributed by atoms with E-state index in [4.69, 9.17) is 0 Å². The number of benzene rings is 1. The zero-order chi connectivity index (χ0) is 13.9. The average molecular weight is 270 g/mol. The molecule has 0 unspecified atom stereocenters. The van der Waals surface area contributed by atoms with Crippen LogP contribution >= 0.6 is 0 Å². The van der Waals surface area contributed by atoms with Crippen LogP contribution in [0.5, 0.6) is 0 Å². The van der Waals surface area contributed by atoms with E-state index in [0.717, 1.165) is 31.8 Å². The zero-order valence-corrected chi connectivity index (χ0v) is 12.3. The summed E-state index contributed by atoms with van der Waals surface area (Å²) in [6.07, 6.45) is 4.92. The Bertz CT molecular complexity index is 586. The monoisotopic (exact) mass is 270 g/mol. The number of hydrogen-bond donors (Lipinski definition) is 1. The summed E-state index contributed by atoms with van der Waals surface area (Å²) in [5.74, 6) is 1.65. The van der Waals surface area contributed by atoms with E-state index < -0.39 is 0 Å². The highest BCUT2D eigenvalue weighted by molar-refractivity contribution is 5.56. The molecule has 0 atom stereocenters. The zero-order valence-electron chi connectivity index (χ0n) is 12.3. The normalized spacial score (nSPS) is 14.2. The van der Waals surface area contributed by atoms with Crippen molar-refractivity contribution in [2.75, 3.05) is 11.9 Å². The largest absolute Gasteiger partial charge is 0.385 e. The predicted octanol–water partition coefficient (Wildman–Crippen LogP) is 2.88. The summed E-state index contributed by atoms with van der Waals surface area (Å²) in [5, 5.41) is 7.84. The SMILES string of the molecule is CC(C)Cn1ncnc1Cc1cccc2c1CCCN2. The Morgan fingerprint density at radius 3 is 3.10 bits per heavy atom. The third-order valence-corrected chi connectivity index (χ3v) is 3.77. The van der Waals surface area contributed by atoms with Crippen LogP contribution in [0.25, 0.3) is 0 Å². The van der Waals surface area contributed by atoms with Crippen molar-refractivity contribution in [1.29, 1.82) is 0 Å². The Hall–Kier alpha value is -1.84. The molecule has 4 heteroatoms. The second-order valence-electron chi connectivity index (χ2n) is 5.90. The van der Waals surface area contributed by atoms with Crippen LogP contribution in [0, 0.1) is 5.92 Å². The lowest BCUT2D eigenvalue weighted by molar-refractivity contribution is 0.469. The fourth-order valence-corrected chi connectivity index (χ4v) is 2.84. The van der Waals surface area contributed by atoms with Crippen LogP contribution in [0.15, 0.2) is 24.5 Å². The number of nitrogens with one attached hydrogen (secondary N) is 1. The van der Waals surface area contributed by atoms with Gasteiger partial charge in [0.1, 0.15) is 12.2 Å². The highest BCUT2D eigenvalue weighted by atomic mass is 15.3. The lowest BCUT2D eigenvalue weighted by Crippen LogP contribution is -2.15. The molecule has 2 heterocycles. The molecule has 1 aliphatic rings. The molecule has 1 aromatic heterocycles. The first-order valence-electron chi connectivity index (χ1n) is 7.45. The molecule has 2 aromatic rings. The summed E-state index contributed by atoms with van der Waals surface area (Å²) < 4.78 is 2.04. The summed E-state index contributed by atoms with van der Waals surface area (Å²) in [5.41, 5.74) is 4.13. The van der Waals surface area contributed by atoms with E-state index in [1.54, 1.807) is 6.33 Å². The fourth-order valence-electron chi connectivity index (χ4n) is 2.84. The first-order chi connectivity index (χ1) is 9.74. The molecule has 20 heavy (non-hydrogen) atoms. The summed E-state index contributed by atoms with van der Waals surface area (Å²) in [6, 6.07) is 6.53. The smallest absolute Gasteiger partial charge is 0.138 e. The number of rotatable bonds is 4. The van der Waals surface area contributed by atoms with Gasteiger partial charge in [0.25, 0.3) is 0 Å². The van der Waals surface area contributed by atoms with E-state index in [2.05, 4.69) is 47.4 Å². The number of aromatic nitrogens is 3. The maximum Gasteiger partial charge on any atom is 0.138 e. The summed E-state index contributed by atoms with van der Waals surface area (Å²) in [6.45, 7) is 6.43. The maximum absolute atomic E-state index is 4.44. The number of fused-ring (bicyclic) bond motifs is 1. The first-order valence-corrected chi connectivity index (χ1v) is 7.45. The van der Waals surface area contributed by atoms with Crippen LogP contribution < -0.4 is 5.32 Å². The van der Waals surface area contributed by atoms with Gasteiger partial charge >= 0.3 is 0 Å². The number of nitrogens with zero attached hydrogens (tertiary/aromatic N) is 3. The molecular weight excluding hydrogens is 248 g/mol. The minimum Gasteiger partial charge on any atom is -0.385 e. The van der Waals surface area contributed by atoms with Crippen molar-refractivity contribution in [3.8, 4) is 0 Å². The highest BCUT2D eigenvalue weighted by Crippen LogP contribution is 2.26. The van der Waals surface area contributed by atoms with Crippen molar-refractivity contribution in [3.63, 3.8) is 0 Å². The fraction of sp³-hybridized carbons (Fsp3) is 0.500. The van der Waals surface area contributed by atoms with Crippen LogP contribution in [0.3, 0.4) is 0 Å². The standard InChI is InChI=1S/C16H22N4/c1-12(2)10-20-16(18-11-19-20)9-13-5-3-7-15-14(13)6-4-8-17-15/h3,5,7,11-12,17H,4,6,8-10H2,1-2H3. The molecule has 1 N–H and O–H groups in total. The van der Waals surface area contributed by atoms with E-state index >= 15 is 0 Å². The lowest BCUT2D eigenvalue weighted by atomic mass is 9.95. The van der Waals surface area contributed by atoms with Crippen molar-refractivity contribution < 1.29 is 0 Å². The van der Waals surface area contributed by atoms with Crippen LogP contribution in [-0.4, -0.2) is 21.3 Å². The lowest BCUT2D eigenvalue weighted by Gasteiger charge is -2.21. The van der Waals surface area contributed by atoms with Gasteiger partial charge in [0.05, 0.1) is 0 Å². The molecule has 0 aliphatic carbocycles. The number of anilines is 1. The van der Waals surface area contributed by atoms with Crippen LogP contribution in [-0.2, 0) is 19.4 Å². The van der Waals surface area contributed by atoms with Gasteiger partial charge in [-0.3, -0.25) is 0 Å². The van der Waals surface area contributed by atoms with E-state index in [1.807, 2.05) is 4.68 Å². The Labute approximate surface area is 120 Å². The Morgan fingerprint density at radius 2 is 2.25 bits per heavy atom. The molecule has 0 fully saturated rings. The van der Waals surface area contributed by atoms with E-state index in [9.17, 15) is 0 Å². The molecular formula is C16H22N4. The molecule has 1 aromatic carbocycles. The molecule has 0 spiro atoms. The van der Waals surface area contributed by atoms with E-state index in [0.29, 0.717) is 5.92 Å². The topological polar surface area (TPSA) is 42.7 Å². The van der Waals surface area contributed by atoms with Crippen molar-refractivity contribution in [3.05, 3.63) is 41.5 Å². The van der Waals surface area contributed by atoms with Gasteiger partial charge in [0.2, 0.25) is 0 Å². The van der Waals surface area contributed by atoms with Crippen LogP contribution in [0.4, 0.5) is 5.69 Å². The van der Waals surface area contributed by atoms with Crippen molar-refractivity contribution in [2.24, 2.45) is 5.92 Å². The van der Waals surface area contributed by atoms with Crippen LogP contribution in [0.2, 0.25) is 0 Å². The number of hydrogen-bond acceptors (Lipinski definition) is 3. The van der Waals surface area contributed by atoms with E-state index in [-0.39, 0.29) is 0 Å². The second-order valence-corrected chi connectivity index (χ2v) is 5.90. The summed E-state index contributed by atoms with van der Waals surface area (Å²) >= 11 is 0. The van der Waals surface area contributed by atoms with Gasteiger partial charge in [-0.15, -0.1) is 0 Å². The van der Waals surface area contributed by atoms with Crippen molar-refractivity contribution >= 4 is 5.69 Å². The summed E-state index contributed by atoms with van der Waals surface area (Å²) in [4.78, 5) is 4.44. The van der Waals surface area contributed by atoms with Gasteiger partial charge in [-0.1, -0.05) is 26.0 Å². The van der Waals surface area contributed by atoms with Crippen LogP contribution in [0.1, 0.15) is 37.2 Å². The Kier molecular flexibility index (Phi) is 3.72. The third-order valence-electron chi connectivity index (χ3n) is 3.77. The van der Waals surface area contributed by atoms with Crippen molar-refractivity contribution in [1.82, 2.24) is 14.8 Å². The minimum atomic E-state index is 0.585. The molecule has 3 rings (SSSR count). The molecule has 106 valence electrons. The molecule has 0 saturated heterocycles. The molecule has 4 nitrogen and oxygen atoms in total. The Morgan fingerprint density at radius 1 is 1.35 bits per heavy atom. The molecule has 0 radical (unpaired) electrons. The van der Waals surface area contributed by atoms with Gasteiger partial charge in [0.15, 0.2) is 0 Å². The highest BCUT2D eigenvalue weighted by Gasteiger charge is 2.15. The van der Waals surface area contributed by atoms with Gasteiger partial charge in [-0.25, -0.2) is 9.67 Å². The second kappa shape index (κ2) is 5.65. The van der Waals surface area contributed by atoms with Gasteiger partial charge in [0, 0.05) is 25.2 Å². The molecule has 0 amide bonds. The molecule has 0 bridgehead atoms. The minimum absolute atomic E-state index is 0.585. The first kappa shape index (κ1) is 13.2. The average Bonchev–Trinajstić information content (AvgIpc) is 2.86. The quantitative estimate of drug-likeness (QED) is 0.929. The van der Waals surface area contributed by atoms with Gasteiger partial charge in [-0.05, 0) is 36.0 Å². The maximum atomic E-state index is 4.44. The van der Waals surface area contributed by atoms with E-state index in [1.165, 1.54) is 23.2 Å². The molecule has 1 aliphatic heterocycles. The molecule has 0 saturated carbocycles. The third kappa shape index (κ3) is 2.69. The summed E-state index contributed by atoms with van der Waals surface area (Å²) in [7, 11) is 0. The van der Waals surface area contributed by atoms with Crippen molar-refractivity contribution in [2.45, 2.75) is 39.7 Å². The Balaban J connectivity index is 1.86. The van der Waals surface area contributed by atoms with Gasteiger partial charge in [-0.2, -0.15) is 5.10 Å². The van der Waals surface area contributed by atoms with Gasteiger partial charge < -0.3 is 5.32 Å².